The maximum atomic E-state index is 12.3. The predicted octanol–water partition coefficient (Wildman–Crippen LogP) is 4.83. The molecule has 0 aliphatic carbocycles. The second-order valence-electron chi connectivity index (χ2n) is 5.51. The van der Waals surface area contributed by atoms with Gasteiger partial charge in [-0.25, -0.2) is 13.4 Å². The SMILES string of the molecule is CN(c1ccc(-c2csc(NC(=O)c3cc(Cl)sc3Cl)n2)cc1)S(C)(=O)=O. The average molecular weight is 462 g/mol. The highest BCUT2D eigenvalue weighted by Crippen LogP contribution is 2.32. The van der Waals surface area contributed by atoms with Crippen molar-refractivity contribution in [1.29, 1.82) is 0 Å². The Hall–Kier alpha value is -1.65. The zero-order chi connectivity index (χ0) is 19.8. The number of amides is 1. The van der Waals surface area contributed by atoms with Gasteiger partial charge in [0.25, 0.3) is 5.91 Å². The minimum atomic E-state index is -3.32. The number of sulfonamides is 1. The molecule has 2 heterocycles. The number of hydrogen-bond acceptors (Lipinski definition) is 6. The molecule has 0 aliphatic heterocycles. The Morgan fingerprint density at radius 2 is 1.89 bits per heavy atom. The van der Waals surface area contributed by atoms with Gasteiger partial charge in [0, 0.05) is 18.0 Å². The van der Waals surface area contributed by atoms with Crippen molar-refractivity contribution in [2.75, 3.05) is 22.9 Å². The number of rotatable bonds is 5. The van der Waals surface area contributed by atoms with Gasteiger partial charge in [0.05, 0.1) is 27.5 Å². The summed E-state index contributed by atoms with van der Waals surface area (Å²) < 4.78 is 25.1. The van der Waals surface area contributed by atoms with Gasteiger partial charge in [0.2, 0.25) is 10.0 Å². The lowest BCUT2D eigenvalue weighted by atomic mass is 10.1. The third-order valence-electron chi connectivity index (χ3n) is 3.65. The first-order valence-corrected chi connectivity index (χ1v) is 11.7. The van der Waals surface area contributed by atoms with E-state index < -0.39 is 10.0 Å². The van der Waals surface area contributed by atoms with E-state index in [2.05, 4.69) is 10.3 Å². The number of hydrogen-bond donors (Lipinski definition) is 1. The van der Waals surface area contributed by atoms with Crippen LogP contribution in [0.25, 0.3) is 11.3 Å². The number of thiazole rings is 1. The molecular formula is C16H13Cl2N3O3S3. The highest BCUT2D eigenvalue weighted by atomic mass is 35.5. The minimum Gasteiger partial charge on any atom is -0.298 e. The first kappa shape index (κ1) is 20.1. The molecular weight excluding hydrogens is 449 g/mol. The molecule has 1 amide bonds. The zero-order valence-electron chi connectivity index (χ0n) is 14.1. The van der Waals surface area contributed by atoms with Crippen molar-refractivity contribution in [1.82, 2.24) is 4.98 Å². The lowest BCUT2D eigenvalue weighted by molar-refractivity contribution is 0.102. The summed E-state index contributed by atoms with van der Waals surface area (Å²) in [6.07, 6.45) is 1.14. The van der Waals surface area contributed by atoms with E-state index in [1.807, 2.05) is 0 Å². The summed E-state index contributed by atoms with van der Waals surface area (Å²) in [6.45, 7) is 0. The molecule has 1 aromatic carbocycles. The number of halogens is 2. The molecule has 6 nitrogen and oxygen atoms in total. The Balaban J connectivity index is 1.76. The summed E-state index contributed by atoms with van der Waals surface area (Å²) in [5.74, 6) is -0.380. The van der Waals surface area contributed by atoms with Crippen LogP contribution >= 0.6 is 45.9 Å². The molecule has 0 saturated heterocycles. The second-order valence-corrected chi connectivity index (χ2v) is 10.7. The molecule has 0 fully saturated rings. The normalized spacial score (nSPS) is 11.4. The van der Waals surface area contributed by atoms with Gasteiger partial charge in [0.1, 0.15) is 4.34 Å². The van der Waals surface area contributed by atoms with Crippen LogP contribution < -0.4 is 9.62 Å². The first-order valence-electron chi connectivity index (χ1n) is 7.41. The molecule has 11 heteroatoms. The van der Waals surface area contributed by atoms with E-state index in [0.717, 1.165) is 23.2 Å². The molecule has 3 rings (SSSR count). The smallest absolute Gasteiger partial charge is 0.259 e. The maximum absolute atomic E-state index is 12.3. The molecule has 0 unspecified atom stereocenters. The fourth-order valence-electron chi connectivity index (χ4n) is 2.16. The van der Waals surface area contributed by atoms with Crippen LogP contribution in [0.3, 0.4) is 0 Å². The van der Waals surface area contributed by atoms with Crippen LogP contribution in [-0.4, -0.2) is 32.6 Å². The molecule has 142 valence electrons. The number of carbonyl (C=O) groups is 1. The molecule has 0 spiro atoms. The molecule has 27 heavy (non-hydrogen) atoms. The van der Waals surface area contributed by atoms with Gasteiger partial charge >= 0.3 is 0 Å². The third-order valence-corrected chi connectivity index (χ3v) is 7.10. The van der Waals surface area contributed by atoms with Gasteiger partial charge in [-0.2, -0.15) is 0 Å². The van der Waals surface area contributed by atoms with Gasteiger partial charge in [-0.3, -0.25) is 14.4 Å². The zero-order valence-corrected chi connectivity index (χ0v) is 18.0. The topological polar surface area (TPSA) is 79.4 Å². The van der Waals surface area contributed by atoms with Crippen LogP contribution in [0, 0.1) is 0 Å². The van der Waals surface area contributed by atoms with E-state index in [1.165, 1.54) is 28.8 Å². The van der Waals surface area contributed by atoms with Gasteiger partial charge in [-0.1, -0.05) is 35.3 Å². The van der Waals surface area contributed by atoms with Gasteiger partial charge in [-0.15, -0.1) is 22.7 Å². The maximum Gasteiger partial charge on any atom is 0.259 e. The molecule has 1 N–H and O–H groups in total. The number of anilines is 2. The minimum absolute atomic E-state index is 0.302. The van der Waals surface area contributed by atoms with Gasteiger partial charge in [-0.05, 0) is 18.2 Å². The summed E-state index contributed by atoms with van der Waals surface area (Å²) in [7, 11) is -1.83. The predicted molar refractivity (Wildman–Crippen MR) is 113 cm³/mol. The summed E-state index contributed by atoms with van der Waals surface area (Å²) in [5.41, 5.74) is 2.32. The van der Waals surface area contributed by atoms with Crippen molar-refractivity contribution in [3.63, 3.8) is 0 Å². The van der Waals surface area contributed by atoms with E-state index in [-0.39, 0.29) is 5.91 Å². The fraction of sp³-hybridized carbons (Fsp3) is 0.125. The Labute approximate surface area is 174 Å². The van der Waals surface area contributed by atoms with Gasteiger partial charge in [0.15, 0.2) is 5.13 Å². The Morgan fingerprint density at radius 1 is 1.22 bits per heavy atom. The summed E-state index contributed by atoms with van der Waals surface area (Å²) in [5, 5.41) is 4.92. The van der Waals surface area contributed by atoms with Crippen molar-refractivity contribution >= 4 is 72.6 Å². The van der Waals surface area contributed by atoms with Crippen LogP contribution in [0.4, 0.5) is 10.8 Å². The van der Waals surface area contributed by atoms with Crippen molar-refractivity contribution in [3.05, 3.63) is 49.9 Å². The van der Waals surface area contributed by atoms with Crippen LogP contribution in [0.5, 0.6) is 0 Å². The standard InChI is InChI=1S/C16H13Cl2N3O3S3/c1-21(27(2,23)24)10-5-3-9(4-6-10)12-8-25-16(19-12)20-15(22)11-7-13(17)26-14(11)18/h3-8H,1-2H3,(H,19,20,22). The Kier molecular flexibility index (Phi) is 5.78. The average Bonchev–Trinajstić information content (AvgIpc) is 3.19. The van der Waals surface area contributed by atoms with Crippen molar-refractivity contribution in [2.24, 2.45) is 0 Å². The number of aromatic nitrogens is 1. The molecule has 2 aromatic heterocycles. The largest absolute Gasteiger partial charge is 0.298 e. The number of thiophene rings is 1. The molecule has 0 bridgehead atoms. The first-order chi connectivity index (χ1) is 12.6. The summed E-state index contributed by atoms with van der Waals surface area (Å²) in [6, 6.07) is 8.44. The Bertz CT molecular complexity index is 1090. The second kappa shape index (κ2) is 7.76. The third kappa shape index (κ3) is 4.61. The van der Waals surface area contributed by atoms with E-state index in [4.69, 9.17) is 23.2 Å². The highest BCUT2D eigenvalue weighted by Gasteiger charge is 2.16. The van der Waals surface area contributed by atoms with Crippen LogP contribution in [-0.2, 0) is 10.0 Å². The summed E-state index contributed by atoms with van der Waals surface area (Å²) in [4.78, 5) is 16.7. The van der Waals surface area contributed by atoms with Crippen molar-refractivity contribution in [3.8, 4) is 11.3 Å². The van der Waals surface area contributed by atoms with E-state index in [9.17, 15) is 13.2 Å². The molecule has 0 saturated carbocycles. The van der Waals surface area contributed by atoms with Crippen molar-refractivity contribution in [2.45, 2.75) is 0 Å². The lowest BCUT2D eigenvalue weighted by Crippen LogP contribution is -2.24. The van der Waals surface area contributed by atoms with E-state index in [1.54, 1.807) is 29.6 Å². The highest BCUT2D eigenvalue weighted by molar-refractivity contribution is 7.92. The van der Waals surface area contributed by atoms with Crippen LogP contribution in [0.1, 0.15) is 10.4 Å². The molecule has 0 radical (unpaired) electrons. The molecule has 3 aromatic rings. The van der Waals surface area contributed by atoms with E-state index in [0.29, 0.717) is 30.7 Å². The molecule has 0 aliphatic rings. The van der Waals surface area contributed by atoms with Gasteiger partial charge < -0.3 is 0 Å². The van der Waals surface area contributed by atoms with Crippen molar-refractivity contribution < 1.29 is 13.2 Å². The number of benzene rings is 1. The number of nitrogens with one attached hydrogen (secondary N) is 1. The van der Waals surface area contributed by atoms with Crippen LogP contribution in [0.15, 0.2) is 35.7 Å². The monoisotopic (exact) mass is 461 g/mol. The Morgan fingerprint density at radius 3 is 2.44 bits per heavy atom. The lowest BCUT2D eigenvalue weighted by Gasteiger charge is -2.16. The number of nitrogens with zero attached hydrogens (tertiary/aromatic N) is 2. The quantitative estimate of drug-likeness (QED) is 0.589. The summed E-state index contributed by atoms with van der Waals surface area (Å²) >= 11 is 14.2. The fourth-order valence-corrected chi connectivity index (χ4v) is 4.83. The van der Waals surface area contributed by atoms with E-state index >= 15 is 0 Å². The number of carbonyl (C=O) groups excluding carboxylic acids is 1. The van der Waals surface area contributed by atoms with Crippen LogP contribution in [0.2, 0.25) is 8.67 Å². The molecule has 0 atom stereocenters.